The Morgan fingerprint density at radius 1 is 1.62 bits per heavy atom. The highest BCUT2D eigenvalue weighted by molar-refractivity contribution is 5.66. The zero-order chi connectivity index (χ0) is 12.0. The van der Waals surface area contributed by atoms with Gasteiger partial charge in [0, 0.05) is 29.8 Å². The van der Waals surface area contributed by atoms with Gasteiger partial charge in [0.1, 0.15) is 5.69 Å². The van der Waals surface area contributed by atoms with E-state index in [4.69, 9.17) is 11.3 Å². The number of nitrogens with one attached hydrogen (secondary N) is 1. The third-order valence-electron chi connectivity index (χ3n) is 1.80. The number of anilines is 1. The molecule has 0 aliphatic heterocycles. The van der Waals surface area contributed by atoms with Gasteiger partial charge in [-0.1, -0.05) is 11.2 Å². The highest BCUT2D eigenvalue weighted by Gasteiger charge is 2.13. The fourth-order valence-corrected chi connectivity index (χ4v) is 1.14. The minimum atomic E-state index is -0.546. The van der Waals surface area contributed by atoms with Gasteiger partial charge in [-0.25, -0.2) is 0 Å². The van der Waals surface area contributed by atoms with Crippen LogP contribution in [-0.4, -0.2) is 18.0 Å². The predicted molar refractivity (Wildman–Crippen MR) is 59.4 cm³/mol. The molecule has 0 fully saturated rings. The molecule has 0 saturated carbocycles. The molecule has 1 rings (SSSR count). The SMILES string of the molecule is [N-]=[N+]=Nc1ccc(NCCN)c([N+](=O)[O-])c1. The van der Waals surface area contributed by atoms with Crippen LogP contribution >= 0.6 is 0 Å². The second-order valence-corrected chi connectivity index (χ2v) is 2.86. The Morgan fingerprint density at radius 2 is 2.38 bits per heavy atom. The lowest BCUT2D eigenvalue weighted by molar-refractivity contribution is -0.383. The molecule has 0 radical (unpaired) electrons. The third-order valence-corrected chi connectivity index (χ3v) is 1.80. The molecule has 0 aromatic heterocycles. The summed E-state index contributed by atoms with van der Waals surface area (Å²) < 4.78 is 0. The number of rotatable bonds is 5. The summed E-state index contributed by atoms with van der Waals surface area (Å²) in [7, 11) is 0. The Morgan fingerprint density at radius 3 is 2.94 bits per heavy atom. The van der Waals surface area contributed by atoms with Crippen molar-refractivity contribution in [3.8, 4) is 0 Å². The van der Waals surface area contributed by atoms with Gasteiger partial charge in [0.15, 0.2) is 0 Å². The summed E-state index contributed by atoms with van der Waals surface area (Å²) in [6.45, 7) is 0.803. The van der Waals surface area contributed by atoms with Gasteiger partial charge in [0.25, 0.3) is 5.69 Å². The van der Waals surface area contributed by atoms with Gasteiger partial charge in [-0.2, -0.15) is 0 Å². The van der Waals surface area contributed by atoms with E-state index >= 15 is 0 Å². The van der Waals surface area contributed by atoms with E-state index in [0.717, 1.165) is 0 Å². The Balaban J connectivity index is 3.08. The van der Waals surface area contributed by atoms with E-state index in [-0.39, 0.29) is 11.4 Å². The molecule has 8 nitrogen and oxygen atoms in total. The van der Waals surface area contributed by atoms with Crippen LogP contribution in [0.2, 0.25) is 0 Å². The first-order valence-electron chi connectivity index (χ1n) is 4.46. The van der Waals surface area contributed by atoms with Gasteiger partial charge in [0.05, 0.1) is 4.92 Å². The van der Waals surface area contributed by atoms with Crippen LogP contribution in [0.1, 0.15) is 0 Å². The maximum absolute atomic E-state index is 10.7. The largest absolute Gasteiger partial charge is 0.378 e. The molecule has 3 N–H and O–H groups in total. The molecule has 0 heterocycles. The summed E-state index contributed by atoms with van der Waals surface area (Å²) >= 11 is 0. The molecule has 0 aliphatic rings. The van der Waals surface area contributed by atoms with Crippen LogP contribution in [0.5, 0.6) is 0 Å². The van der Waals surface area contributed by atoms with Crippen molar-refractivity contribution < 1.29 is 4.92 Å². The molecule has 0 bridgehead atoms. The average Bonchev–Trinajstić information content (AvgIpc) is 2.27. The van der Waals surface area contributed by atoms with E-state index in [0.29, 0.717) is 18.8 Å². The maximum atomic E-state index is 10.7. The standard InChI is InChI=1S/C8H10N6O2/c9-3-4-11-7-2-1-6(12-13-10)5-8(7)14(15)16/h1-2,5,11H,3-4,9H2. The Kier molecular flexibility index (Phi) is 4.07. The van der Waals surface area contributed by atoms with Crippen molar-refractivity contribution in [3.63, 3.8) is 0 Å². The van der Waals surface area contributed by atoms with Gasteiger partial charge in [-0.3, -0.25) is 10.1 Å². The maximum Gasteiger partial charge on any atom is 0.292 e. The van der Waals surface area contributed by atoms with E-state index in [1.54, 1.807) is 0 Å². The molecule has 8 heteroatoms. The second-order valence-electron chi connectivity index (χ2n) is 2.86. The quantitative estimate of drug-likeness (QED) is 0.259. The molecular formula is C8H10N6O2. The number of nitro groups is 1. The number of nitro benzene ring substituents is 1. The van der Waals surface area contributed by atoms with Crippen molar-refractivity contribution in [2.45, 2.75) is 0 Å². The Bertz CT molecular complexity index is 440. The zero-order valence-corrected chi connectivity index (χ0v) is 8.33. The molecule has 16 heavy (non-hydrogen) atoms. The lowest BCUT2D eigenvalue weighted by atomic mass is 10.2. The van der Waals surface area contributed by atoms with Crippen LogP contribution in [0, 0.1) is 10.1 Å². The summed E-state index contributed by atoms with van der Waals surface area (Å²) in [5.41, 5.74) is 13.9. The normalized spacial score (nSPS) is 9.31. The van der Waals surface area contributed by atoms with Gasteiger partial charge < -0.3 is 11.1 Å². The number of hydrogen-bond acceptors (Lipinski definition) is 5. The topological polar surface area (TPSA) is 130 Å². The predicted octanol–water partition coefficient (Wildman–Crippen LogP) is 1.91. The number of azide groups is 1. The van der Waals surface area contributed by atoms with Crippen molar-refractivity contribution in [3.05, 3.63) is 38.8 Å². The van der Waals surface area contributed by atoms with Gasteiger partial charge in [0.2, 0.25) is 0 Å². The first-order valence-corrected chi connectivity index (χ1v) is 4.46. The van der Waals surface area contributed by atoms with Crippen molar-refractivity contribution in [1.82, 2.24) is 0 Å². The fraction of sp³-hybridized carbons (Fsp3) is 0.250. The second kappa shape index (κ2) is 5.54. The van der Waals surface area contributed by atoms with Crippen LogP contribution in [0.25, 0.3) is 10.4 Å². The summed E-state index contributed by atoms with van der Waals surface area (Å²) in [6, 6.07) is 4.18. The summed E-state index contributed by atoms with van der Waals surface area (Å²) in [5, 5.41) is 16.8. The van der Waals surface area contributed by atoms with Crippen molar-refractivity contribution in [1.29, 1.82) is 0 Å². The van der Waals surface area contributed by atoms with E-state index in [1.807, 2.05) is 0 Å². The Hall–Kier alpha value is -2.31. The van der Waals surface area contributed by atoms with Crippen LogP contribution in [-0.2, 0) is 0 Å². The van der Waals surface area contributed by atoms with Gasteiger partial charge in [-0.05, 0) is 11.6 Å². The van der Waals surface area contributed by atoms with Gasteiger partial charge >= 0.3 is 0 Å². The van der Waals surface area contributed by atoms with Crippen molar-refractivity contribution in [2.75, 3.05) is 18.4 Å². The van der Waals surface area contributed by atoms with E-state index < -0.39 is 4.92 Å². The molecule has 0 amide bonds. The molecule has 0 saturated heterocycles. The minimum Gasteiger partial charge on any atom is -0.378 e. The van der Waals surface area contributed by atoms with Crippen LogP contribution in [0.4, 0.5) is 17.1 Å². The third kappa shape index (κ3) is 2.84. The zero-order valence-electron chi connectivity index (χ0n) is 8.33. The monoisotopic (exact) mass is 222 g/mol. The number of nitrogens with two attached hydrogens (primary N) is 1. The molecule has 0 spiro atoms. The summed E-state index contributed by atoms with van der Waals surface area (Å²) in [5.74, 6) is 0. The molecule has 0 unspecified atom stereocenters. The molecule has 84 valence electrons. The molecular weight excluding hydrogens is 212 g/mol. The van der Waals surface area contributed by atoms with Gasteiger partial charge in [-0.15, -0.1) is 0 Å². The van der Waals surface area contributed by atoms with Crippen LogP contribution in [0.3, 0.4) is 0 Å². The molecule has 0 aliphatic carbocycles. The van der Waals surface area contributed by atoms with Crippen molar-refractivity contribution in [2.24, 2.45) is 10.8 Å². The summed E-state index contributed by atoms with van der Waals surface area (Å²) in [6.07, 6.45) is 0. The first-order chi connectivity index (χ1) is 7.69. The highest BCUT2D eigenvalue weighted by Crippen LogP contribution is 2.29. The fourth-order valence-electron chi connectivity index (χ4n) is 1.14. The van der Waals surface area contributed by atoms with E-state index in [2.05, 4.69) is 15.3 Å². The number of hydrogen-bond donors (Lipinski definition) is 2. The lowest BCUT2D eigenvalue weighted by Gasteiger charge is -2.05. The lowest BCUT2D eigenvalue weighted by Crippen LogP contribution is -2.13. The number of nitrogens with zero attached hydrogens (tertiary/aromatic N) is 4. The first kappa shape index (κ1) is 11.8. The van der Waals surface area contributed by atoms with E-state index in [9.17, 15) is 10.1 Å². The van der Waals surface area contributed by atoms with Crippen LogP contribution in [0.15, 0.2) is 23.3 Å². The molecule has 1 aromatic rings. The number of benzene rings is 1. The highest BCUT2D eigenvalue weighted by atomic mass is 16.6. The van der Waals surface area contributed by atoms with Crippen molar-refractivity contribution >= 4 is 17.1 Å². The van der Waals surface area contributed by atoms with Crippen LogP contribution < -0.4 is 11.1 Å². The Labute approximate surface area is 90.8 Å². The summed E-state index contributed by atoms with van der Waals surface area (Å²) in [4.78, 5) is 12.8. The molecule has 0 atom stereocenters. The van der Waals surface area contributed by atoms with E-state index in [1.165, 1.54) is 18.2 Å². The minimum absolute atomic E-state index is 0.140. The average molecular weight is 222 g/mol. The molecule has 1 aromatic carbocycles. The smallest absolute Gasteiger partial charge is 0.292 e.